The molecule has 0 bridgehead atoms. The highest BCUT2D eigenvalue weighted by Gasteiger charge is 2.34. The molecule has 0 unspecified atom stereocenters. The number of benzene rings is 1. The summed E-state index contributed by atoms with van der Waals surface area (Å²) < 4.78 is 1.64. The van der Waals surface area contributed by atoms with Crippen molar-refractivity contribution in [3.8, 4) is 5.69 Å². The zero-order valence-corrected chi connectivity index (χ0v) is 12.8. The van der Waals surface area contributed by atoms with Crippen molar-refractivity contribution in [2.24, 2.45) is 0 Å². The number of aliphatic hydroxyl groups excluding tert-OH is 2. The first kappa shape index (κ1) is 15.4. The van der Waals surface area contributed by atoms with Crippen LogP contribution in [0.1, 0.15) is 12.2 Å². The summed E-state index contributed by atoms with van der Waals surface area (Å²) >= 11 is 0. The maximum absolute atomic E-state index is 12.3. The van der Waals surface area contributed by atoms with Crippen LogP contribution in [0.3, 0.4) is 0 Å². The van der Waals surface area contributed by atoms with Gasteiger partial charge in [-0.25, -0.2) is 9.48 Å². The van der Waals surface area contributed by atoms with Crippen LogP contribution >= 0.6 is 0 Å². The Morgan fingerprint density at radius 3 is 2.83 bits per heavy atom. The Balaban J connectivity index is 1.75. The molecule has 2 aromatic rings. The van der Waals surface area contributed by atoms with Gasteiger partial charge in [-0.15, -0.1) is 5.10 Å². The van der Waals surface area contributed by atoms with E-state index in [0.717, 1.165) is 5.69 Å². The fourth-order valence-corrected chi connectivity index (χ4v) is 2.74. The Hall–Kier alpha value is -2.45. The van der Waals surface area contributed by atoms with Gasteiger partial charge in [0.25, 0.3) is 5.95 Å². The van der Waals surface area contributed by atoms with E-state index in [2.05, 4.69) is 15.4 Å². The number of hydrogen-bond donors (Lipinski definition) is 3. The number of rotatable bonds is 3. The second-order valence-corrected chi connectivity index (χ2v) is 5.54. The predicted octanol–water partition coefficient (Wildman–Crippen LogP) is 0.535. The first-order chi connectivity index (χ1) is 11.1. The van der Waals surface area contributed by atoms with Crippen molar-refractivity contribution in [3.05, 3.63) is 36.2 Å². The van der Waals surface area contributed by atoms with E-state index in [1.165, 1.54) is 4.90 Å². The molecule has 3 rings (SSSR count). The molecule has 0 spiro atoms. The number of β-amino-alcohol motifs (C(OH)–C–C–N with tert-alkyl or cyclic N) is 1. The van der Waals surface area contributed by atoms with Gasteiger partial charge in [0.15, 0.2) is 0 Å². The second kappa shape index (κ2) is 6.35. The third-order valence-corrected chi connectivity index (χ3v) is 3.85. The fraction of sp³-hybridized carbons (Fsp3) is 0.400. The van der Waals surface area contributed by atoms with E-state index < -0.39 is 12.1 Å². The molecule has 1 aliphatic heterocycles. The summed E-state index contributed by atoms with van der Waals surface area (Å²) in [7, 11) is 0. The van der Waals surface area contributed by atoms with Gasteiger partial charge >= 0.3 is 6.03 Å². The number of anilines is 1. The normalized spacial score (nSPS) is 20.7. The van der Waals surface area contributed by atoms with Crippen molar-refractivity contribution in [1.82, 2.24) is 19.7 Å². The highest BCUT2D eigenvalue weighted by Crippen LogP contribution is 2.19. The summed E-state index contributed by atoms with van der Waals surface area (Å²) in [6, 6.07) is 8.68. The van der Waals surface area contributed by atoms with E-state index in [1.807, 2.05) is 30.3 Å². The second-order valence-electron chi connectivity index (χ2n) is 5.54. The molecule has 0 aliphatic carbocycles. The molecule has 2 heterocycles. The van der Waals surface area contributed by atoms with Gasteiger partial charge < -0.3 is 15.1 Å². The van der Waals surface area contributed by atoms with Crippen LogP contribution in [-0.2, 0) is 0 Å². The number of nitrogens with zero attached hydrogens (tertiary/aromatic N) is 4. The minimum absolute atomic E-state index is 0.185. The van der Waals surface area contributed by atoms with Gasteiger partial charge in [-0.1, -0.05) is 18.2 Å². The number of para-hydroxylation sites is 1. The highest BCUT2D eigenvalue weighted by atomic mass is 16.3. The van der Waals surface area contributed by atoms with Crippen molar-refractivity contribution in [2.45, 2.75) is 25.5 Å². The molecular formula is C15H19N5O3. The number of aliphatic hydroxyl groups is 2. The molecule has 1 aromatic heterocycles. The monoisotopic (exact) mass is 317 g/mol. The number of aryl methyl sites for hydroxylation is 1. The van der Waals surface area contributed by atoms with Crippen LogP contribution in [0.5, 0.6) is 0 Å². The molecule has 1 fully saturated rings. The molecule has 1 aromatic carbocycles. The van der Waals surface area contributed by atoms with Gasteiger partial charge in [0, 0.05) is 6.54 Å². The van der Waals surface area contributed by atoms with Crippen LogP contribution in [0.25, 0.3) is 5.69 Å². The molecule has 122 valence electrons. The maximum Gasteiger partial charge on any atom is 0.324 e. The van der Waals surface area contributed by atoms with Gasteiger partial charge in [0.1, 0.15) is 5.82 Å². The van der Waals surface area contributed by atoms with Crippen LogP contribution < -0.4 is 5.32 Å². The third kappa shape index (κ3) is 3.17. The number of amides is 2. The van der Waals surface area contributed by atoms with Crippen molar-refractivity contribution in [3.63, 3.8) is 0 Å². The van der Waals surface area contributed by atoms with Gasteiger partial charge in [0.2, 0.25) is 0 Å². The lowest BCUT2D eigenvalue weighted by molar-refractivity contribution is 0.164. The molecule has 3 N–H and O–H groups in total. The lowest BCUT2D eigenvalue weighted by Gasteiger charge is -2.21. The first-order valence-corrected chi connectivity index (χ1v) is 7.44. The molecule has 23 heavy (non-hydrogen) atoms. The zero-order valence-electron chi connectivity index (χ0n) is 12.8. The highest BCUT2D eigenvalue weighted by molar-refractivity contribution is 5.88. The quantitative estimate of drug-likeness (QED) is 0.766. The average Bonchev–Trinajstić information content (AvgIpc) is 3.10. The zero-order chi connectivity index (χ0) is 16.4. The Kier molecular flexibility index (Phi) is 4.26. The Morgan fingerprint density at radius 1 is 1.39 bits per heavy atom. The van der Waals surface area contributed by atoms with Crippen molar-refractivity contribution >= 4 is 12.0 Å². The van der Waals surface area contributed by atoms with E-state index in [9.17, 15) is 15.0 Å². The van der Waals surface area contributed by atoms with E-state index >= 15 is 0 Å². The van der Waals surface area contributed by atoms with Crippen LogP contribution in [0, 0.1) is 6.92 Å². The average molecular weight is 317 g/mol. The Bertz CT molecular complexity index is 688. The van der Waals surface area contributed by atoms with Crippen molar-refractivity contribution < 1.29 is 15.0 Å². The maximum atomic E-state index is 12.3. The summed E-state index contributed by atoms with van der Waals surface area (Å²) in [5.74, 6) is 0.834. The lowest BCUT2D eigenvalue weighted by Crippen LogP contribution is -2.41. The van der Waals surface area contributed by atoms with E-state index in [0.29, 0.717) is 12.2 Å². The van der Waals surface area contributed by atoms with Gasteiger partial charge in [-0.3, -0.25) is 5.32 Å². The number of aromatic nitrogens is 3. The molecule has 8 heteroatoms. The van der Waals surface area contributed by atoms with E-state index in [1.54, 1.807) is 11.6 Å². The molecule has 1 saturated heterocycles. The molecule has 8 nitrogen and oxygen atoms in total. The number of likely N-dealkylation sites (tertiary alicyclic amines) is 1. The smallest absolute Gasteiger partial charge is 0.324 e. The van der Waals surface area contributed by atoms with Crippen LogP contribution in [0.15, 0.2) is 30.3 Å². The first-order valence-electron chi connectivity index (χ1n) is 7.44. The van der Waals surface area contributed by atoms with Gasteiger partial charge in [0.05, 0.1) is 24.4 Å². The van der Waals surface area contributed by atoms with Crippen LogP contribution in [0.4, 0.5) is 10.7 Å². The topological polar surface area (TPSA) is 104 Å². The number of nitrogens with one attached hydrogen (secondary N) is 1. The summed E-state index contributed by atoms with van der Waals surface area (Å²) in [4.78, 5) is 17.9. The largest absolute Gasteiger partial charge is 0.394 e. The molecule has 0 radical (unpaired) electrons. The third-order valence-electron chi connectivity index (χ3n) is 3.85. The minimum atomic E-state index is -0.616. The van der Waals surface area contributed by atoms with Crippen LogP contribution in [0.2, 0.25) is 0 Å². The number of urea groups is 1. The standard InChI is InChI=1S/C15H19N5O3/c1-10-16-14(18-20(10)11-5-3-2-4-6-11)17-15(23)19-8-13(22)7-12(19)9-21/h2-6,12-13,21-22H,7-9H2,1H3,(H,17,18,23)/t12-,13-/m0/s1. The summed E-state index contributed by atoms with van der Waals surface area (Å²) in [6.07, 6.45) is -0.246. The SMILES string of the molecule is Cc1nc(NC(=O)N2C[C@@H](O)C[C@H]2CO)nn1-c1ccccc1. The molecule has 2 atom stereocenters. The number of carbonyl (C=O) groups is 1. The number of carbonyl (C=O) groups excluding carboxylic acids is 1. The molecule has 2 amide bonds. The van der Waals surface area contributed by atoms with Crippen molar-refractivity contribution in [2.75, 3.05) is 18.5 Å². The van der Waals surface area contributed by atoms with Crippen LogP contribution in [-0.4, -0.2) is 61.2 Å². The summed E-state index contributed by atoms with van der Waals surface area (Å²) in [5.41, 5.74) is 0.850. The predicted molar refractivity (Wildman–Crippen MR) is 83.3 cm³/mol. The summed E-state index contributed by atoms with van der Waals surface area (Å²) in [5, 5.41) is 25.8. The Morgan fingerprint density at radius 2 is 2.13 bits per heavy atom. The summed E-state index contributed by atoms with van der Waals surface area (Å²) in [6.45, 7) is 1.80. The molecule has 0 saturated carbocycles. The fourth-order valence-electron chi connectivity index (χ4n) is 2.74. The van der Waals surface area contributed by atoms with E-state index in [-0.39, 0.29) is 25.1 Å². The molecular weight excluding hydrogens is 298 g/mol. The van der Waals surface area contributed by atoms with Gasteiger partial charge in [-0.05, 0) is 25.5 Å². The minimum Gasteiger partial charge on any atom is -0.394 e. The van der Waals surface area contributed by atoms with Crippen molar-refractivity contribution in [1.29, 1.82) is 0 Å². The number of hydrogen-bond acceptors (Lipinski definition) is 5. The van der Waals surface area contributed by atoms with E-state index in [4.69, 9.17) is 0 Å². The lowest BCUT2D eigenvalue weighted by atomic mass is 10.2. The Labute approximate surface area is 133 Å². The molecule has 1 aliphatic rings. The van der Waals surface area contributed by atoms with Gasteiger partial charge in [-0.2, -0.15) is 4.98 Å².